The van der Waals surface area contributed by atoms with Crippen LogP contribution in [0.2, 0.25) is 0 Å². The number of likely N-dealkylation sites (N-methyl/N-ethyl adjacent to an activating group) is 1. The normalized spacial score (nSPS) is 11.4. The van der Waals surface area contributed by atoms with E-state index in [-0.39, 0.29) is 0 Å². The predicted octanol–water partition coefficient (Wildman–Crippen LogP) is 1.92. The second-order valence-electron chi connectivity index (χ2n) is 4.77. The first-order chi connectivity index (χ1) is 9.63. The van der Waals surface area contributed by atoms with Crippen LogP contribution in [0.5, 0.6) is 0 Å². The fourth-order valence-electron chi connectivity index (χ4n) is 1.79. The second kappa shape index (κ2) is 9.20. The number of methoxy groups -OCH3 is 1. The van der Waals surface area contributed by atoms with E-state index < -0.39 is 0 Å². The van der Waals surface area contributed by atoms with Gasteiger partial charge in [0.05, 0.1) is 19.4 Å². The van der Waals surface area contributed by atoms with Crippen molar-refractivity contribution in [2.75, 3.05) is 40.4 Å². The summed E-state index contributed by atoms with van der Waals surface area (Å²) in [5, 5.41) is 3.34. The van der Waals surface area contributed by atoms with Crippen molar-refractivity contribution in [1.29, 1.82) is 0 Å². The molecule has 0 aliphatic rings. The molecule has 0 saturated carbocycles. The highest BCUT2D eigenvalue weighted by atomic mass is 16.5. The van der Waals surface area contributed by atoms with Crippen molar-refractivity contribution in [3.63, 3.8) is 0 Å². The Balaban J connectivity index is 2.48. The fraction of sp³-hybridized carbons (Fsp3) is 0.533. The van der Waals surface area contributed by atoms with Crippen molar-refractivity contribution in [3.05, 3.63) is 36.3 Å². The summed E-state index contributed by atoms with van der Waals surface area (Å²) in [4.78, 5) is 6.58. The first kappa shape index (κ1) is 16.3. The van der Waals surface area contributed by atoms with Crippen LogP contribution < -0.4 is 5.32 Å². The number of nitrogens with zero attached hydrogens (tertiary/aromatic N) is 2. The van der Waals surface area contributed by atoms with Gasteiger partial charge in [0.2, 0.25) is 0 Å². The maximum absolute atomic E-state index is 5.31. The average Bonchev–Trinajstić information content (AvgIpc) is 2.89. The number of hydrogen-bond acceptors (Lipinski definition) is 3. The average molecular weight is 279 g/mol. The third kappa shape index (κ3) is 6.43. The number of rotatable bonds is 8. The lowest BCUT2D eigenvalue weighted by Gasteiger charge is -2.22. The first-order valence-corrected chi connectivity index (χ1v) is 6.78. The van der Waals surface area contributed by atoms with E-state index in [9.17, 15) is 0 Å². The lowest BCUT2D eigenvalue weighted by molar-refractivity contribution is 0.207. The van der Waals surface area contributed by atoms with Crippen LogP contribution in [0.25, 0.3) is 0 Å². The molecule has 1 rings (SSSR count). The van der Waals surface area contributed by atoms with Crippen LogP contribution in [-0.4, -0.2) is 51.3 Å². The van der Waals surface area contributed by atoms with Gasteiger partial charge in [-0.3, -0.25) is 4.99 Å². The van der Waals surface area contributed by atoms with E-state index in [0.29, 0.717) is 13.2 Å². The number of hydrogen-bond donors (Lipinski definition) is 1. The van der Waals surface area contributed by atoms with E-state index in [1.54, 1.807) is 13.4 Å². The van der Waals surface area contributed by atoms with Gasteiger partial charge in [0, 0.05) is 33.7 Å². The van der Waals surface area contributed by atoms with Crippen molar-refractivity contribution in [2.45, 2.75) is 13.3 Å². The summed E-state index contributed by atoms with van der Waals surface area (Å²) in [6.45, 7) is 8.75. The Kier molecular flexibility index (Phi) is 7.50. The van der Waals surface area contributed by atoms with Gasteiger partial charge < -0.3 is 19.4 Å². The van der Waals surface area contributed by atoms with Gasteiger partial charge in [-0.25, -0.2) is 0 Å². The Morgan fingerprint density at radius 3 is 2.95 bits per heavy atom. The summed E-state index contributed by atoms with van der Waals surface area (Å²) in [6, 6.07) is 3.87. The topological polar surface area (TPSA) is 50.0 Å². The van der Waals surface area contributed by atoms with E-state index >= 15 is 0 Å². The molecule has 1 aromatic heterocycles. The largest absolute Gasteiger partial charge is 0.469 e. The minimum absolute atomic E-state index is 0.615. The molecule has 5 heteroatoms. The summed E-state index contributed by atoms with van der Waals surface area (Å²) in [7, 11) is 3.68. The quantitative estimate of drug-likeness (QED) is 0.342. The van der Waals surface area contributed by atoms with Crippen LogP contribution in [0.4, 0.5) is 0 Å². The van der Waals surface area contributed by atoms with Gasteiger partial charge in [0.15, 0.2) is 5.96 Å². The fourth-order valence-corrected chi connectivity index (χ4v) is 1.79. The van der Waals surface area contributed by atoms with E-state index in [4.69, 9.17) is 9.15 Å². The molecule has 0 bridgehead atoms. The molecule has 0 unspecified atom stereocenters. The SMILES string of the molecule is C=C(C)CN(C)C(=NCCOC)NCCc1ccco1. The molecule has 1 N–H and O–H groups in total. The van der Waals surface area contributed by atoms with Crippen LogP contribution in [0, 0.1) is 0 Å². The molecule has 0 aliphatic carbocycles. The molecule has 20 heavy (non-hydrogen) atoms. The molecule has 0 spiro atoms. The van der Waals surface area contributed by atoms with Gasteiger partial charge >= 0.3 is 0 Å². The molecule has 0 atom stereocenters. The molecular weight excluding hydrogens is 254 g/mol. The maximum Gasteiger partial charge on any atom is 0.194 e. The highest BCUT2D eigenvalue weighted by Gasteiger charge is 2.06. The van der Waals surface area contributed by atoms with Gasteiger partial charge in [-0.2, -0.15) is 0 Å². The van der Waals surface area contributed by atoms with E-state index in [2.05, 4.69) is 21.8 Å². The molecule has 112 valence electrons. The number of aliphatic imine (C=N–C) groups is 1. The minimum atomic E-state index is 0.615. The Bertz CT molecular complexity index is 413. The van der Waals surface area contributed by atoms with Gasteiger partial charge in [-0.05, 0) is 19.1 Å². The summed E-state index contributed by atoms with van der Waals surface area (Å²) < 4.78 is 10.3. The number of ether oxygens (including phenoxy) is 1. The van der Waals surface area contributed by atoms with Crippen molar-refractivity contribution in [2.24, 2.45) is 4.99 Å². The number of nitrogens with one attached hydrogen (secondary N) is 1. The predicted molar refractivity (Wildman–Crippen MR) is 82.0 cm³/mol. The third-order valence-corrected chi connectivity index (χ3v) is 2.66. The zero-order valence-corrected chi connectivity index (χ0v) is 12.7. The summed E-state index contributed by atoms with van der Waals surface area (Å²) >= 11 is 0. The van der Waals surface area contributed by atoms with Gasteiger partial charge in [0.1, 0.15) is 5.76 Å². The molecule has 0 fully saturated rings. The van der Waals surface area contributed by atoms with Gasteiger partial charge in [-0.15, -0.1) is 0 Å². The van der Waals surface area contributed by atoms with Gasteiger partial charge in [-0.1, -0.05) is 12.2 Å². The number of furan rings is 1. The molecule has 0 radical (unpaired) electrons. The molecule has 0 aromatic carbocycles. The first-order valence-electron chi connectivity index (χ1n) is 6.78. The summed E-state index contributed by atoms with van der Waals surface area (Å²) in [5.41, 5.74) is 1.10. The Hall–Kier alpha value is -1.75. The Morgan fingerprint density at radius 2 is 2.35 bits per heavy atom. The molecule has 0 amide bonds. The Morgan fingerprint density at radius 1 is 1.55 bits per heavy atom. The zero-order chi connectivity index (χ0) is 14.8. The molecule has 1 aromatic rings. The van der Waals surface area contributed by atoms with Crippen molar-refractivity contribution in [1.82, 2.24) is 10.2 Å². The third-order valence-electron chi connectivity index (χ3n) is 2.66. The lowest BCUT2D eigenvalue weighted by atomic mass is 10.3. The monoisotopic (exact) mass is 279 g/mol. The molecular formula is C15H25N3O2. The lowest BCUT2D eigenvalue weighted by Crippen LogP contribution is -2.40. The molecule has 0 saturated heterocycles. The summed E-state index contributed by atoms with van der Waals surface area (Å²) in [5.74, 6) is 1.83. The van der Waals surface area contributed by atoms with E-state index in [1.165, 1.54) is 0 Å². The standard InChI is InChI=1S/C15H25N3O2/c1-13(2)12-18(3)15(17-9-11-19-4)16-8-7-14-6-5-10-20-14/h5-6,10H,1,7-9,11-12H2,2-4H3,(H,16,17). The van der Waals surface area contributed by atoms with E-state index in [0.717, 1.165) is 36.8 Å². The minimum Gasteiger partial charge on any atom is -0.469 e. The molecule has 1 heterocycles. The van der Waals surface area contributed by atoms with Crippen LogP contribution >= 0.6 is 0 Å². The van der Waals surface area contributed by atoms with E-state index in [1.807, 2.05) is 26.1 Å². The molecule has 5 nitrogen and oxygen atoms in total. The second-order valence-corrected chi connectivity index (χ2v) is 4.77. The summed E-state index contributed by atoms with van der Waals surface area (Å²) in [6.07, 6.45) is 2.52. The number of guanidine groups is 1. The van der Waals surface area contributed by atoms with Crippen LogP contribution in [-0.2, 0) is 11.2 Å². The van der Waals surface area contributed by atoms with Crippen LogP contribution in [0.1, 0.15) is 12.7 Å². The van der Waals surface area contributed by atoms with Crippen LogP contribution in [0.3, 0.4) is 0 Å². The maximum atomic E-state index is 5.31. The van der Waals surface area contributed by atoms with Crippen molar-refractivity contribution >= 4 is 5.96 Å². The highest BCUT2D eigenvalue weighted by molar-refractivity contribution is 5.80. The highest BCUT2D eigenvalue weighted by Crippen LogP contribution is 2.00. The molecule has 0 aliphatic heterocycles. The zero-order valence-electron chi connectivity index (χ0n) is 12.7. The Labute approximate surface area is 121 Å². The van der Waals surface area contributed by atoms with Gasteiger partial charge in [0.25, 0.3) is 0 Å². The smallest absolute Gasteiger partial charge is 0.194 e. The van der Waals surface area contributed by atoms with Crippen molar-refractivity contribution < 1.29 is 9.15 Å². The van der Waals surface area contributed by atoms with Crippen molar-refractivity contribution in [3.8, 4) is 0 Å². The van der Waals surface area contributed by atoms with Crippen LogP contribution in [0.15, 0.2) is 40.0 Å².